The number of carbonyl (C=O) groups is 2. The van der Waals surface area contributed by atoms with E-state index in [-0.39, 0.29) is 30.2 Å². The zero-order valence-corrected chi connectivity index (χ0v) is 18.1. The van der Waals surface area contributed by atoms with Gasteiger partial charge < -0.3 is 20.2 Å². The number of aliphatic hydroxyl groups excluding tert-OH is 1. The van der Waals surface area contributed by atoms with Crippen molar-refractivity contribution in [2.24, 2.45) is 5.92 Å². The number of benzene rings is 1. The first-order valence-corrected chi connectivity index (χ1v) is 10.6. The fourth-order valence-corrected chi connectivity index (χ4v) is 4.37. The van der Waals surface area contributed by atoms with Crippen LogP contribution in [0.2, 0.25) is 0 Å². The molecule has 2 N–H and O–H groups in total. The first-order chi connectivity index (χ1) is 14.8. The Morgan fingerprint density at radius 2 is 2.16 bits per heavy atom. The van der Waals surface area contributed by atoms with Gasteiger partial charge in [-0.1, -0.05) is 6.92 Å². The molecule has 0 saturated carbocycles. The molecule has 9 heteroatoms. The molecule has 166 valence electrons. The number of aryl methyl sites for hydroxylation is 1. The fourth-order valence-electron chi connectivity index (χ4n) is 4.37. The number of hydrogen-bond acceptors (Lipinski definition) is 4. The number of halogens is 1. The van der Waals surface area contributed by atoms with Crippen LogP contribution in [-0.4, -0.2) is 62.9 Å². The van der Waals surface area contributed by atoms with Crippen LogP contribution in [0.15, 0.2) is 18.2 Å². The van der Waals surface area contributed by atoms with E-state index < -0.39 is 6.10 Å². The molecule has 1 aromatic carbocycles. The van der Waals surface area contributed by atoms with E-state index in [1.807, 2.05) is 6.92 Å². The van der Waals surface area contributed by atoms with Crippen molar-refractivity contribution >= 4 is 17.6 Å². The number of urea groups is 1. The Kier molecular flexibility index (Phi) is 5.70. The average molecular weight is 429 g/mol. The van der Waals surface area contributed by atoms with E-state index in [1.54, 1.807) is 34.5 Å². The number of carbonyl (C=O) groups excluding carboxylic acids is 2. The topological polar surface area (TPSA) is 90.7 Å². The standard InChI is InChI=1S/C22H28FN5O3/c1-4-19(29)14-10-26(3)21(30)20-16-12-27(8-7-18(16)25-28(20)11-14)22(31)24-15-5-6-17(23)13(2)9-15/h5-6,9,14,19,29H,4,7-8,10-12H2,1-3H3,(H,24,31)/t14-,19-/m0/s1. The van der Waals surface area contributed by atoms with Crippen LogP contribution in [0, 0.1) is 18.7 Å². The molecule has 0 spiro atoms. The van der Waals surface area contributed by atoms with Gasteiger partial charge in [-0.3, -0.25) is 9.48 Å². The highest BCUT2D eigenvalue weighted by Gasteiger charge is 2.36. The number of nitrogens with zero attached hydrogens (tertiary/aromatic N) is 4. The first-order valence-electron chi connectivity index (χ1n) is 10.6. The highest BCUT2D eigenvalue weighted by molar-refractivity contribution is 5.95. The lowest BCUT2D eigenvalue weighted by Gasteiger charge is -2.27. The molecule has 2 aromatic rings. The zero-order valence-electron chi connectivity index (χ0n) is 18.1. The Morgan fingerprint density at radius 3 is 2.87 bits per heavy atom. The molecule has 0 aliphatic carbocycles. The normalized spacial score (nSPS) is 19.5. The molecule has 2 aliphatic heterocycles. The molecule has 31 heavy (non-hydrogen) atoms. The monoisotopic (exact) mass is 429 g/mol. The zero-order chi connectivity index (χ0) is 22.3. The van der Waals surface area contributed by atoms with Crippen molar-refractivity contribution in [2.75, 3.05) is 25.5 Å². The SMILES string of the molecule is CC[C@H](O)[C@H]1CN(C)C(=O)c2c3c(nn2C1)CCN(C(=O)Nc1ccc(F)c(C)c1)C3. The second-order valence-electron chi connectivity index (χ2n) is 8.44. The van der Waals surface area contributed by atoms with Crippen molar-refractivity contribution in [1.82, 2.24) is 19.6 Å². The summed E-state index contributed by atoms with van der Waals surface area (Å²) in [6.07, 6.45) is 0.645. The Bertz CT molecular complexity index is 1020. The number of aliphatic hydroxyl groups is 1. The molecule has 0 bridgehead atoms. The molecule has 3 amide bonds. The van der Waals surface area contributed by atoms with Gasteiger partial charge in [0.25, 0.3) is 5.91 Å². The van der Waals surface area contributed by atoms with Gasteiger partial charge in [-0.2, -0.15) is 5.10 Å². The average Bonchev–Trinajstić information content (AvgIpc) is 3.05. The van der Waals surface area contributed by atoms with E-state index in [0.29, 0.717) is 49.4 Å². The molecular weight excluding hydrogens is 401 g/mol. The fraction of sp³-hybridized carbons (Fsp3) is 0.500. The van der Waals surface area contributed by atoms with Crippen LogP contribution in [0.4, 0.5) is 14.9 Å². The molecule has 1 aromatic heterocycles. The Hall–Kier alpha value is -2.94. The van der Waals surface area contributed by atoms with Gasteiger partial charge in [0.1, 0.15) is 11.5 Å². The van der Waals surface area contributed by atoms with Crippen LogP contribution < -0.4 is 5.32 Å². The van der Waals surface area contributed by atoms with Crippen LogP contribution in [0.1, 0.15) is 40.7 Å². The van der Waals surface area contributed by atoms with Crippen molar-refractivity contribution < 1.29 is 19.1 Å². The minimum atomic E-state index is -0.510. The molecule has 0 fully saturated rings. The van der Waals surface area contributed by atoms with Gasteiger partial charge in [0.05, 0.1) is 18.3 Å². The Morgan fingerprint density at radius 1 is 1.39 bits per heavy atom. The van der Waals surface area contributed by atoms with Crippen LogP contribution in [0.5, 0.6) is 0 Å². The maximum absolute atomic E-state index is 13.5. The maximum atomic E-state index is 13.5. The summed E-state index contributed by atoms with van der Waals surface area (Å²) in [6.45, 7) is 5.24. The Balaban J connectivity index is 1.57. The number of hydrogen-bond donors (Lipinski definition) is 2. The van der Waals surface area contributed by atoms with E-state index in [0.717, 1.165) is 11.3 Å². The largest absolute Gasteiger partial charge is 0.393 e. The first kappa shape index (κ1) is 21.3. The van der Waals surface area contributed by atoms with Gasteiger partial charge in [-0.05, 0) is 37.1 Å². The summed E-state index contributed by atoms with van der Waals surface area (Å²) in [5.41, 5.74) is 3.07. The molecule has 0 radical (unpaired) electrons. The molecule has 8 nitrogen and oxygen atoms in total. The third kappa shape index (κ3) is 4.01. The second kappa shape index (κ2) is 8.30. The Labute approximate surface area is 180 Å². The molecule has 2 aliphatic rings. The van der Waals surface area contributed by atoms with E-state index in [9.17, 15) is 19.1 Å². The third-order valence-corrected chi connectivity index (χ3v) is 6.23. The summed E-state index contributed by atoms with van der Waals surface area (Å²) < 4.78 is 15.2. The summed E-state index contributed by atoms with van der Waals surface area (Å²) in [5.74, 6) is -0.559. The summed E-state index contributed by atoms with van der Waals surface area (Å²) in [7, 11) is 1.73. The van der Waals surface area contributed by atoms with Gasteiger partial charge in [0, 0.05) is 50.3 Å². The number of fused-ring (bicyclic) bond motifs is 3. The van der Waals surface area contributed by atoms with Crippen molar-refractivity contribution in [2.45, 2.75) is 45.9 Å². The lowest BCUT2D eigenvalue weighted by molar-refractivity contribution is 0.0626. The third-order valence-electron chi connectivity index (χ3n) is 6.23. The minimum Gasteiger partial charge on any atom is -0.393 e. The molecule has 3 heterocycles. The van der Waals surface area contributed by atoms with Crippen molar-refractivity contribution in [3.8, 4) is 0 Å². The van der Waals surface area contributed by atoms with Crippen LogP contribution >= 0.6 is 0 Å². The summed E-state index contributed by atoms with van der Waals surface area (Å²) in [6, 6.07) is 4.14. The number of aromatic nitrogens is 2. The molecule has 0 saturated heterocycles. The van der Waals surface area contributed by atoms with Crippen LogP contribution in [0.3, 0.4) is 0 Å². The minimum absolute atomic E-state index is 0.0947. The molecule has 2 atom stereocenters. The molecule has 4 rings (SSSR count). The van der Waals surface area contributed by atoms with Crippen LogP contribution in [-0.2, 0) is 19.5 Å². The highest BCUT2D eigenvalue weighted by atomic mass is 19.1. The summed E-state index contributed by atoms with van der Waals surface area (Å²) in [4.78, 5) is 29.2. The quantitative estimate of drug-likeness (QED) is 0.784. The number of amides is 3. The van der Waals surface area contributed by atoms with Gasteiger partial charge in [-0.25, -0.2) is 9.18 Å². The molecular formula is C22H28FN5O3. The predicted molar refractivity (Wildman–Crippen MR) is 113 cm³/mol. The van der Waals surface area contributed by atoms with Gasteiger partial charge in [-0.15, -0.1) is 0 Å². The van der Waals surface area contributed by atoms with E-state index in [2.05, 4.69) is 10.4 Å². The van der Waals surface area contributed by atoms with Gasteiger partial charge >= 0.3 is 6.03 Å². The second-order valence-corrected chi connectivity index (χ2v) is 8.44. The smallest absolute Gasteiger partial charge is 0.322 e. The van der Waals surface area contributed by atoms with Crippen molar-refractivity contribution in [1.29, 1.82) is 0 Å². The maximum Gasteiger partial charge on any atom is 0.322 e. The highest BCUT2D eigenvalue weighted by Crippen LogP contribution is 2.28. The van der Waals surface area contributed by atoms with E-state index >= 15 is 0 Å². The van der Waals surface area contributed by atoms with Gasteiger partial charge in [0.15, 0.2) is 0 Å². The van der Waals surface area contributed by atoms with Crippen LogP contribution in [0.25, 0.3) is 0 Å². The van der Waals surface area contributed by atoms with Crippen molar-refractivity contribution in [3.05, 3.63) is 46.5 Å². The lowest BCUT2D eigenvalue weighted by atomic mass is 10.0. The number of anilines is 1. The summed E-state index contributed by atoms with van der Waals surface area (Å²) >= 11 is 0. The number of rotatable bonds is 3. The lowest BCUT2D eigenvalue weighted by Crippen LogP contribution is -2.40. The van der Waals surface area contributed by atoms with E-state index in [1.165, 1.54) is 12.1 Å². The predicted octanol–water partition coefficient (Wildman–Crippen LogP) is 2.39. The van der Waals surface area contributed by atoms with Crippen molar-refractivity contribution in [3.63, 3.8) is 0 Å². The molecule has 0 unspecified atom stereocenters. The number of nitrogens with one attached hydrogen (secondary N) is 1. The van der Waals surface area contributed by atoms with Gasteiger partial charge in [0.2, 0.25) is 0 Å². The van der Waals surface area contributed by atoms with E-state index in [4.69, 9.17) is 0 Å². The summed E-state index contributed by atoms with van der Waals surface area (Å²) in [5, 5.41) is 17.8.